The first-order valence-electron chi connectivity index (χ1n) is 12.3. The standard InChI is InChI=1S/C26H32Cl2N4O2S3/c1-37(33,34)31-22-7-5-20(6-8-22)25-18-36-26(30-25)35-15-3-2-12-29-21-10-13-32(14-11-21)17-19-4-9-23(27)24(28)16-19/h4-9,16,18,21,29,31H,2-3,10-15,17H2,1H3. The lowest BCUT2D eigenvalue weighted by molar-refractivity contribution is 0.190. The number of likely N-dealkylation sites (tertiary alicyclic amines) is 1. The number of sulfonamides is 1. The van der Waals surface area contributed by atoms with Gasteiger partial charge in [0.15, 0.2) is 4.34 Å². The van der Waals surface area contributed by atoms with Crippen LogP contribution < -0.4 is 10.0 Å². The van der Waals surface area contributed by atoms with E-state index in [2.05, 4.69) is 26.4 Å². The number of unbranched alkanes of at least 4 members (excludes halogenated alkanes) is 1. The lowest BCUT2D eigenvalue weighted by Gasteiger charge is -2.32. The molecular weight excluding hydrogens is 567 g/mol. The van der Waals surface area contributed by atoms with E-state index in [0.29, 0.717) is 21.8 Å². The fraction of sp³-hybridized carbons (Fsp3) is 0.423. The highest BCUT2D eigenvalue weighted by molar-refractivity contribution is 8.01. The van der Waals surface area contributed by atoms with Crippen molar-refractivity contribution in [3.63, 3.8) is 0 Å². The van der Waals surface area contributed by atoms with Gasteiger partial charge in [0.05, 0.1) is 22.0 Å². The average Bonchev–Trinajstić information content (AvgIpc) is 3.33. The summed E-state index contributed by atoms with van der Waals surface area (Å²) >= 11 is 15.6. The number of anilines is 1. The smallest absolute Gasteiger partial charge is 0.229 e. The van der Waals surface area contributed by atoms with E-state index < -0.39 is 10.0 Å². The van der Waals surface area contributed by atoms with Gasteiger partial charge < -0.3 is 5.32 Å². The predicted octanol–water partition coefficient (Wildman–Crippen LogP) is 6.61. The van der Waals surface area contributed by atoms with E-state index in [1.807, 2.05) is 24.3 Å². The second-order valence-electron chi connectivity index (χ2n) is 9.26. The van der Waals surface area contributed by atoms with E-state index in [1.54, 1.807) is 35.2 Å². The third-order valence-corrected chi connectivity index (χ3v) is 9.63. The monoisotopic (exact) mass is 598 g/mol. The Morgan fingerprint density at radius 1 is 1.08 bits per heavy atom. The normalized spacial score (nSPS) is 15.2. The van der Waals surface area contributed by atoms with Crippen LogP contribution in [0.4, 0.5) is 5.69 Å². The van der Waals surface area contributed by atoms with Crippen molar-refractivity contribution in [2.45, 2.75) is 42.6 Å². The van der Waals surface area contributed by atoms with Gasteiger partial charge in [-0.1, -0.05) is 53.2 Å². The molecule has 2 heterocycles. The summed E-state index contributed by atoms with van der Waals surface area (Å²) in [5.74, 6) is 1.05. The zero-order chi connectivity index (χ0) is 26.3. The van der Waals surface area contributed by atoms with Gasteiger partial charge in [0.2, 0.25) is 10.0 Å². The first-order valence-corrected chi connectivity index (χ1v) is 16.8. The fourth-order valence-corrected chi connectivity index (χ4v) is 7.05. The maximum Gasteiger partial charge on any atom is 0.229 e. The Labute approximate surface area is 238 Å². The molecule has 1 saturated heterocycles. The lowest BCUT2D eigenvalue weighted by atomic mass is 10.0. The summed E-state index contributed by atoms with van der Waals surface area (Å²) in [5.41, 5.74) is 3.67. The quantitative estimate of drug-likeness (QED) is 0.180. The van der Waals surface area contributed by atoms with E-state index in [-0.39, 0.29) is 0 Å². The summed E-state index contributed by atoms with van der Waals surface area (Å²) < 4.78 is 26.3. The number of thioether (sulfide) groups is 1. The van der Waals surface area contributed by atoms with Gasteiger partial charge in [-0.25, -0.2) is 13.4 Å². The van der Waals surface area contributed by atoms with Crippen molar-refractivity contribution in [2.24, 2.45) is 0 Å². The topological polar surface area (TPSA) is 74.3 Å². The third-order valence-electron chi connectivity index (χ3n) is 6.17. The maximum atomic E-state index is 11.4. The molecule has 1 aliphatic heterocycles. The second-order valence-corrected chi connectivity index (χ2v) is 14.0. The van der Waals surface area contributed by atoms with Gasteiger partial charge in [0.1, 0.15) is 0 Å². The van der Waals surface area contributed by atoms with Crippen molar-refractivity contribution < 1.29 is 8.42 Å². The molecule has 0 saturated carbocycles. The van der Waals surface area contributed by atoms with Gasteiger partial charge in [-0.15, -0.1) is 11.3 Å². The summed E-state index contributed by atoms with van der Waals surface area (Å²) in [6.07, 6.45) is 5.79. The van der Waals surface area contributed by atoms with Crippen LogP contribution in [0.25, 0.3) is 11.3 Å². The van der Waals surface area contributed by atoms with E-state index in [0.717, 1.165) is 66.6 Å². The Kier molecular flexibility index (Phi) is 10.6. The predicted molar refractivity (Wildman–Crippen MR) is 159 cm³/mol. The van der Waals surface area contributed by atoms with E-state index in [1.165, 1.54) is 18.4 Å². The Balaban J connectivity index is 1.09. The summed E-state index contributed by atoms with van der Waals surface area (Å²) in [4.78, 5) is 7.21. The first-order chi connectivity index (χ1) is 17.7. The molecule has 0 amide bonds. The van der Waals surface area contributed by atoms with Gasteiger partial charge in [-0.05, 0) is 75.1 Å². The SMILES string of the molecule is CS(=O)(=O)Nc1ccc(-c2csc(SCCCCNC3CCN(Cc4ccc(Cl)c(Cl)c4)CC3)n2)cc1. The highest BCUT2D eigenvalue weighted by atomic mass is 35.5. The van der Waals surface area contributed by atoms with Crippen molar-refractivity contribution in [1.82, 2.24) is 15.2 Å². The number of halogens is 2. The number of thiazole rings is 1. The van der Waals surface area contributed by atoms with E-state index >= 15 is 0 Å². The van der Waals surface area contributed by atoms with Gasteiger partial charge >= 0.3 is 0 Å². The van der Waals surface area contributed by atoms with E-state index in [9.17, 15) is 8.42 Å². The van der Waals surface area contributed by atoms with Crippen LogP contribution in [0.1, 0.15) is 31.2 Å². The Bertz CT molecular complexity index is 1260. The minimum atomic E-state index is -3.27. The molecule has 11 heteroatoms. The zero-order valence-corrected chi connectivity index (χ0v) is 24.7. The maximum absolute atomic E-state index is 11.4. The molecule has 0 unspecified atom stereocenters. The molecule has 1 fully saturated rings. The van der Waals surface area contributed by atoms with Crippen LogP contribution in [0.5, 0.6) is 0 Å². The molecule has 0 spiro atoms. The number of rotatable bonds is 12. The van der Waals surface area contributed by atoms with Crippen molar-refractivity contribution in [3.8, 4) is 11.3 Å². The summed E-state index contributed by atoms with van der Waals surface area (Å²) in [7, 11) is -3.27. The summed E-state index contributed by atoms with van der Waals surface area (Å²) in [6, 6.07) is 13.8. The molecular formula is C26H32Cl2N4O2S3. The lowest BCUT2D eigenvalue weighted by Crippen LogP contribution is -2.42. The Morgan fingerprint density at radius 3 is 2.54 bits per heavy atom. The van der Waals surface area contributed by atoms with Crippen molar-refractivity contribution >= 4 is 62.0 Å². The molecule has 0 atom stereocenters. The van der Waals surface area contributed by atoms with Crippen LogP contribution in [0.15, 0.2) is 52.2 Å². The first kappa shape index (κ1) is 28.7. The molecule has 37 heavy (non-hydrogen) atoms. The molecule has 4 rings (SSSR count). The highest BCUT2D eigenvalue weighted by Gasteiger charge is 2.19. The Hall–Kier alpha value is -1.33. The minimum Gasteiger partial charge on any atom is -0.314 e. The molecule has 200 valence electrons. The van der Waals surface area contributed by atoms with Gasteiger partial charge in [0.25, 0.3) is 0 Å². The number of hydrogen-bond donors (Lipinski definition) is 2. The van der Waals surface area contributed by atoms with Gasteiger partial charge in [-0.3, -0.25) is 9.62 Å². The van der Waals surface area contributed by atoms with Gasteiger partial charge in [-0.2, -0.15) is 0 Å². The third kappa shape index (κ3) is 9.42. The van der Waals surface area contributed by atoms with Crippen LogP contribution in [-0.2, 0) is 16.6 Å². The molecule has 1 aliphatic rings. The molecule has 0 aliphatic carbocycles. The number of hydrogen-bond acceptors (Lipinski definition) is 7. The molecule has 6 nitrogen and oxygen atoms in total. The zero-order valence-electron chi connectivity index (χ0n) is 20.8. The number of aromatic nitrogens is 1. The Morgan fingerprint density at radius 2 is 1.84 bits per heavy atom. The second kappa shape index (κ2) is 13.6. The summed E-state index contributed by atoms with van der Waals surface area (Å²) in [5, 5.41) is 7.02. The van der Waals surface area contributed by atoms with Crippen molar-refractivity contribution in [1.29, 1.82) is 0 Å². The molecule has 2 N–H and O–H groups in total. The molecule has 2 aromatic carbocycles. The van der Waals surface area contributed by atoms with Gasteiger partial charge in [0, 0.05) is 35.0 Å². The molecule has 1 aromatic heterocycles. The van der Waals surface area contributed by atoms with Crippen LogP contribution in [0.3, 0.4) is 0 Å². The van der Waals surface area contributed by atoms with Crippen LogP contribution in [0.2, 0.25) is 10.0 Å². The van der Waals surface area contributed by atoms with Crippen LogP contribution in [-0.4, -0.2) is 56.0 Å². The number of nitrogens with zero attached hydrogens (tertiary/aromatic N) is 2. The highest BCUT2D eigenvalue weighted by Crippen LogP contribution is 2.29. The molecule has 0 bridgehead atoms. The summed E-state index contributed by atoms with van der Waals surface area (Å²) in [6.45, 7) is 4.16. The van der Waals surface area contributed by atoms with Crippen molar-refractivity contribution in [3.05, 3.63) is 63.5 Å². The van der Waals surface area contributed by atoms with Crippen molar-refractivity contribution in [2.75, 3.05) is 36.4 Å². The average molecular weight is 600 g/mol. The minimum absolute atomic E-state index is 0.554. The van der Waals surface area contributed by atoms with Crippen LogP contribution >= 0.6 is 46.3 Å². The molecule has 0 radical (unpaired) electrons. The number of nitrogens with one attached hydrogen (secondary N) is 2. The van der Waals surface area contributed by atoms with Crippen LogP contribution in [0, 0.1) is 0 Å². The largest absolute Gasteiger partial charge is 0.314 e. The fourth-order valence-electron chi connectivity index (χ4n) is 4.26. The molecule has 3 aromatic rings. The number of piperidine rings is 1. The van der Waals surface area contributed by atoms with E-state index in [4.69, 9.17) is 28.2 Å². The number of benzene rings is 2.